The average Bonchev–Trinajstić information content (AvgIpc) is 2.79. The molecule has 2 heterocycles. The highest BCUT2D eigenvalue weighted by molar-refractivity contribution is 9.10. The monoisotopic (exact) mass is 492 g/mol. The molecule has 0 aliphatic carbocycles. The van der Waals surface area contributed by atoms with Crippen LogP contribution in [0.15, 0.2) is 70.2 Å². The molecule has 0 fully saturated rings. The normalized spacial score (nSPS) is 13.3. The van der Waals surface area contributed by atoms with E-state index in [4.69, 9.17) is 4.98 Å². The molecule has 2 aromatic carbocycles. The van der Waals surface area contributed by atoms with Crippen molar-refractivity contribution < 1.29 is 4.79 Å². The lowest BCUT2D eigenvalue weighted by Gasteiger charge is -2.28. The van der Waals surface area contributed by atoms with Crippen molar-refractivity contribution >= 4 is 39.3 Å². The molecule has 156 valence electrons. The number of carbonyl (C=O) groups excluding carboxylic acids is 1. The van der Waals surface area contributed by atoms with Crippen molar-refractivity contribution in [1.29, 1.82) is 5.26 Å². The summed E-state index contributed by atoms with van der Waals surface area (Å²) in [5, 5.41) is 13.1. The number of rotatable bonds is 6. The largest absolute Gasteiger partial charge is 0.325 e. The van der Waals surface area contributed by atoms with Gasteiger partial charge < -0.3 is 5.32 Å². The van der Waals surface area contributed by atoms with Crippen LogP contribution in [0.1, 0.15) is 22.4 Å². The molecule has 0 radical (unpaired) electrons. The third kappa shape index (κ3) is 5.73. The van der Waals surface area contributed by atoms with E-state index in [9.17, 15) is 10.1 Å². The number of amides is 1. The molecule has 31 heavy (non-hydrogen) atoms. The first kappa shape index (κ1) is 21.6. The Labute approximate surface area is 194 Å². The van der Waals surface area contributed by atoms with Crippen LogP contribution in [0.5, 0.6) is 0 Å². The van der Waals surface area contributed by atoms with Gasteiger partial charge in [-0.15, -0.1) is 0 Å². The van der Waals surface area contributed by atoms with E-state index >= 15 is 0 Å². The predicted molar refractivity (Wildman–Crippen MR) is 127 cm³/mol. The highest BCUT2D eigenvalue weighted by atomic mass is 79.9. The minimum atomic E-state index is -0.121. The number of anilines is 1. The first-order valence-electron chi connectivity index (χ1n) is 9.98. The summed E-state index contributed by atoms with van der Waals surface area (Å²) in [7, 11) is 0. The number of halogens is 1. The summed E-state index contributed by atoms with van der Waals surface area (Å²) < 4.78 is 0.958. The fourth-order valence-electron chi connectivity index (χ4n) is 3.54. The van der Waals surface area contributed by atoms with E-state index in [-0.39, 0.29) is 11.7 Å². The Bertz CT molecular complexity index is 1110. The van der Waals surface area contributed by atoms with Crippen LogP contribution < -0.4 is 5.32 Å². The van der Waals surface area contributed by atoms with E-state index in [0.717, 1.165) is 47.5 Å². The fourth-order valence-corrected chi connectivity index (χ4v) is 4.58. The van der Waals surface area contributed by atoms with Gasteiger partial charge in [-0.2, -0.15) is 5.26 Å². The summed E-state index contributed by atoms with van der Waals surface area (Å²) in [6.45, 7) is 2.59. The number of benzene rings is 2. The number of carbonyl (C=O) groups is 1. The summed E-state index contributed by atoms with van der Waals surface area (Å²) in [4.78, 5) is 19.4. The van der Waals surface area contributed by atoms with Gasteiger partial charge in [0.05, 0.1) is 11.3 Å². The highest BCUT2D eigenvalue weighted by Crippen LogP contribution is 2.27. The van der Waals surface area contributed by atoms with Gasteiger partial charge in [0.15, 0.2) is 0 Å². The van der Waals surface area contributed by atoms with E-state index in [0.29, 0.717) is 10.6 Å². The Balaban J connectivity index is 1.40. The molecule has 1 amide bonds. The van der Waals surface area contributed by atoms with Crippen LogP contribution in [0.4, 0.5) is 5.69 Å². The van der Waals surface area contributed by atoms with Crippen LogP contribution in [0.2, 0.25) is 0 Å². The topological polar surface area (TPSA) is 69.0 Å². The van der Waals surface area contributed by atoms with Crippen molar-refractivity contribution in [3.05, 3.63) is 87.5 Å². The van der Waals surface area contributed by atoms with Crippen molar-refractivity contribution in [2.45, 2.75) is 24.5 Å². The first-order chi connectivity index (χ1) is 15.1. The Morgan fingerprint density at radius 3 is 2.71 bits per heavy atom. The summed E-state index contributed by atoms with van der Waals surface area (Å²) >= 11 is 4.69. The summed E-state index contributed by atoms with van der Waals surface area (Å²) in [5.41, 5.74) is 4.68. The van der Waals surface area contributed by atoms with Crippen LogP contribution >= 0.6 is 27.7 Å². The van der Waals surface area contributed by atoms with Crippen LogP contribution in [0, 0.1) is 11.3 Å². The summed E-state index contributed by atoms with van der Waals surface area (Å²) in [6.07, 6.45) is 0.840. The van der Waals surface area contributed by atoms with E-state index in [1.807, 2.05) is 36.4 Å². The maximum Gasteiger partial charge on any atom is 0.234 e. The molecule has 0 saturated heterocycles. The third-order valence-electron chi connectivity index (χ3n) is 5.05. The maximum atomic E-state index is 12.3. The highest BCUT2D eigenvalue weighted by Gasteiger charge is 2.20. The Morgan fingerprint density at radius 1 is 1.19 bits per heavy atom. The van der Waals surface area contributed by atoms with Gasteiger partial charge in [-0.3, -0.25) is 9.69 Å². The summed E-state index contributed by atoms with van der Waals surface area (Å²) in [6, 6.07) is 22.0. The van der Waals surface area contributed by atoms with Crippen LogP contribution in [-0.2, 0) is 24.3 Å². The fraction of sp³-hybridized carbons (Fsp3) is 0.208. The van der Waals surface area contributed by atoms with Crippen molar-refractivity contribution in [2.75, 3.05) is 17.6 Å². The zero-order valence-electron chi connectivity index (χ0n) is 16.8. The van der Waals surface area contributed by atoms with E-state index in [1.54, 1.807) is 0 Å². The van der Waals surface area contributed by atoms with Gasteiger partial charge in [0.25, 0.3) is 0 Å². The molecule has 0 atom stereocenters. The maximum absolute atomic E-state index is 12.3. The zero-order chi connectivity index (χ0) is 21.6. The van der Waals surface area contributed by atoms with Gasteiger partial charge in [-0.25, -0.2) is 4.98 Å². The molecule has 1 aliphatic heterocycles. The molecule has 1 aliphatic rings. The molecule has 3 aromatic rings. The predicted octanol–water partition coefficient (Wildman–Crippen LogP) is 5.00. The SMILES string of the molecule is N#Cc1cc2c(nc1SCC(=O)Nc1ccc(Br)cc1)CCN(Cc1ccccc1)C2. The number of nitrogens with zero attached hydrogens (tertiary/aromatic N) is 3. The van der Waals surface area contributed by atoms with Gasteiger partial charge in [-0.1, -0.05) is 58.0 Å². The molecule has 0 saturated carbocycles. The van der Waals surface area contributed by atoms with Gasteiger partial charge >= 0.3 is 0 Å². The summed E-state index contributed by atoms with van der Waals surface area (Å²) in [5.74, 6) is 0.0844. The molecule has 0 unspecified atom stereocenters. The van der Waals surface area contributed by atoms with E-state index in [1.165, 1.54) is 17.3 Å². The van der Waals surface area contributed by atoms with E-state index < -0.39 is 0 Å². The lowest BCUT2D eigenvalue weighted by atomic mass is 10.0. The second kappa shape index (κ2) is 10.1. The molecular weight excluding hydrogens is 472 g/mol. The molecule has 7 heteroatoms. The van der Waals surface area contributed by atoms with Crippen molar-refractivity contribution in [1.82, 2.24) is 9.88 Å². The van der Waals surface area contributed by atoms with Gasteiger partial charge in [0.2, 0.25) is 5.91 Å². The average molecular weight is 493 g/mol. The second-order valence-corrected chi connectivity index (χ2v) is 9.23. The Hall–Kier alpha value is -2.66. The second-order valence-electron chi connectivity index (χ2n) is 7.35. The standard InChI is InChI=1S/C24H21BrN4OS/c25-20-6-8-21(9-7-20)27-23(30)16-31-24-18(13-26)12-19-15-29(11-10-22(19)28-24)14-17-4-2-1-3-5-17/h1-9,12H,10-11,14-16H2,(H,27,30). The number of aromatic nitrogens is 1. The molecule has 0 bridgehead atoms. The quantitative estimate of drug-likeness (QED) is 0.490. The van der Waals surface area contributed by atoms with E-state index in [2.05, 4.69) is 56.5 Å². The number of nitrogens with one attached hydrogen (secondary N) is 1. The Morgan fingerprint density at radius 2 is 1.97 bits per heavy atom. The Kier molecular flexibility index (Phi) is 7.03. The van der Waals surface area contributed by atoms with Crippen LogP contribution in [0.25, 0.3) is 0 Å². The van der Waals surface area contributed by atoms with Crippen LogP contribution in [-0.4, -0.2) is 28.1 Å². The van der Waals surface area contributed by atoms with Gasteiger partial charge in [0.1, 0.15) is 11.1 Å². The first-order valence-corrected chi connectivity index (χ1v) is 11.8. The van der Waals surface area contributed by atoms with Gasteiger partial charge in [0, 0.05) is 41.9 Å². The van der Waals surface area contributed by atoms with Crippen molar-refractivity contribution in [3.63, 3.8) is 0 Å². The molecular formula is C24H21BrN4OS. The number of fused-ring (bicyclic) bond motifs is 1. The molecule has 5 nitrogen and oxygen atoms in total. The number of thioether (sulfide) groups is 1. The molecule has 0 spiro atoms. The lowest BCUT2D eigenvalue weighted by molar-refractivity contribution is -0.113. The third-order valence-corrected chi connectivity index (χ3v) is 6.57. The van der Waals surface area contributed by atoms with Gasteiger partial charge in [-0.05, 0) is 41.5 Å². The molecule has 4 rings (SSSR count). The van der Waals surface area contributed by atoms with Crippen LogP contribution in [0.3, 0.4) is 0 Å². The minimum absolute atomic E-state index is 0.121. The minimum Gasteiger partial charge on any atom is -0.325 e. The van der Waals surface area contributed by atoms with Crippen molar-refractivity contribution in [3.8, 4) is 6.07 Å². The molecule has 1 N–H and O–H groups in total. The number of nitriles is 1. The zero-order valence-corrected chi connectivity index (χ0v) is 19.2. The number of hydrogen-bond donors (Lipinski definition) is 1. The number of hydrogen-bond acceptors (Lipinski definition) is 5. The van der Waals surface area contributed by atoms with Crippen molar-refractivity contribution in [2.24, 2.45) is 0 Å². The lowest BCUT2D eigenvalue weighted by Crippen LogP contribution is -2.31. The smallest absolute Gasteiger partial charge is 0.234 e. The molecule has 1 aromatic heterocycles. The number of pyridine rings is 1.